The van der Waals surface area contributed by atoms with Crippen LogP contribution < -0.4 is 15.0 Å². The molecule has 0 radical (unpaired) electrons. The molecular formula is C30H28Br2ClN3O3. The second-order valence-corrected chi connectivity index (χ2v) is 11.5. The second-order valence-electron chi connectivity index (χ2n) is 9.46. The van der Waals surface area contributed by atoms with Gasteiger partial charge in [-0.1, -0.05) is 77.1 Å². The summed E-state index contributed by atoms with van der Waals surface area (Å²) in [5.74, 6) is 1.82. The van der Waals surface area contributed by atoms with Gasteiger partial charge in [-0.2, -0.15) is 9.78 Å². The number of rotatable bonds is 8. The maximum Gasteiger partial charge on any atom is 0.282 e. The Labute approximate surface area is 249 Å². The van der Waals surface area contributed by atoms with Gasteiger partial charge in [0.05, 0.1) is 23.7 Å². The van der Waals surface area contributed by atoms with Crippen molar-refractivity contribution in [1.29, 1.82) is 0 Å². The maximum absolute atomic E-state index is 13.7. The Balaban J connectivity index is 1.56. The summed E-state index contributed by atoms with van der Waals surface area (Å²) in [6.07, 6.45) is 7.04. The molecule has 5 rings (SSSR count). The van der Waals surface area contributed by atoms with Gasteiger partial charge in [-0.3, -0.25) is 4.79 Å². The van der Waals surface area contributed by atoms with E-state index < -0.39 is 0 Å². The van der Waals surface area contributed by atoms with Gasteiger partial charge >= 0.3 is 0 Å². The molecule has 1 saturated carbocycles. The summed E-state index contributed by atoms with van der Waals surface area (Å²) < 4.78 is 14.8. The van der Waals surface area contributed by atoms with Crippen LogP contribution in [0.15, 0.2) is 73.4 Å². The second kappa shape index (κ2) is 12.7. The minimum Gasteiger partial charge on any atom is -0.490 e. The smallest absolute Gasteiger partial charge is 0.282 e. The molecule has 0 unspecified atom stereocenters. The number of hydrogen-bond acceptors (Lipinski definition) is 5. The lowest BCUT2D eigenvalue weighted by Gasteiger charge is -2.23. The Hall–Kier alpha value is -2.68. The number of halogens is 3. The van der Waals surface area contributed by atoms with E-state index in [1.807, 2.05) is 55.5 Å². The third-order valence-electron chi connectivity index (χ3n) is 6.80. The van der Waals surface area contributed by atoms with Crippen LogP contribution in [-0.2, 0) is 6.61 Å². The summed E-state index contributed by atoms with van der Waals surface area (Å²) in [5.41, 5.74) is 2.15. The number of ether oxygens (including phenoxy) is 2. The van der Waals surface area contributed by atoms with Crippen molar-refractivity contribution in [3.8, 4) is 11.5 Å². The topological polar surface area (TPSA) is 65.7 Å². The van der Waals surface area contributed by atoms with E-state index in [-0.39, 0.29) is 11.5 Å². The van der Waals surface area contributed by atoms with E-state index in [0.717, 1.165) is 35.7 Å². The predicted octanol–water partition coefficient (Wildman–Crippen LogP) is 8.48. The van der Waals surface area contributed by atoms with Gasteiger partial charge in [-0.05, 0) is 65.5 Å². The normalized spacial score (nSPS) is 14.3. The average molecular weight is 674 g/mol. The van der Waals surface area contributed by atoms with Crippen molar-refractivity contribution in [3.05, 3.63) is 95.9 Å². The fraction of sp³-hybridized carbons (Fsp3) is 0.300. The molecule has 1 aliphatic carbocycles. The molecule has 1 fully saturated rings. The summed E-state index contributed by atoms with van der Waals surface area (Å²) >= 11 is 13.9. The molecule has 39 heavy (non-hydrogen) atoms. The van der Waals surface area contributed by atoms with Gasteiger partial charge in [-0.15, -0.1) is 0 Å². The number of fused-ring (bicyclic) bond motifs is 1. The van der Waals surface area contributed by atoms with Gasteiger partial charge in [0, 0.05) is 20.4 Å². The summed E-state index contributed by atoms with van der Waals surface area (Å²) in [7, 11) is 0. The van der Waals surface area contributed by atoms with E-state index in [1.54, 1.807) is 12.3 Å². The molecule has 1 heterocycles. The zero-order valence-electron chi connectivity index (χ0n) is 21.5. The Morgan fingerprint density at radius 1 is 1.08 bits per heavy atom. The first-order valence-electron chi connectivity index (χ1n) is 13.0. The molecule has 0 aliphatic heterocycles. The molecule has 9 heteroatoms. The highest BCUT2D eigenvalue weighted by atomic mass is 79.9. The van der Waals surface area contributed by atoms with Crippen LogP contribution in [0.3, 0.4) is 0 Å². The summed E-state index contributed by atoms with van der Waals surface area (Å²) in [6, 6.07) is 17.3. The van der Waals surface area contributed by atoms with Crippen LogP contribution in [0.25, 0.3) is 10.9 Å². The third-order valence-corrected chi connectivity index (χ3v) is 8.73. The highest BCUT2D eigenvalue weighted by Gasteiger charge is 2.23. The molecule has 3 aromatic carbocycles. The van der Waals surface area contributed by atoms with Crippen LogP contribution in [0.4, 0.5) is 0 Å². The van der Waals surface area contributed by atoms with E-state index in [4.69, 9.17) is 26.1 Å². The highest BCUT2D eigenvalue weighted by molar-refractivity contribution is 9.10. The largest absolute Gasteiger partial charge is 0.490 e. The molecule has 0 saturated heterocycles. The van der Waals surface area contributed by atoms with Gasteiger partial charge in [0.2, 0.25) is 0 Å². The Morgan fingerprint density at radius 2 is 1.85 bits per heavy atom. The van der Waals surface area contributed by atoms with Gasteiger partial charge in [0.1, 0.15) is 17.5 Å². The first-order chi connectivity index (χ1) is 19.0. The summed E-state index contributed by atoms with van der Waals surface area (Å²) in [4.78, 5) is 18.6. The van der Waals surface area contributed by atoms with Crippen molar-refractivity contribution in [1.82, 2.24) is 9.66 Å². The minimum atomic E-state index is -0.201. The molecule has 4 aromatic rings. The summed E-state index contributed by atoms with van der Waals surface area (Å²) in [6.45, 7) is 2.68. The Kier molecular flexibility index (Phi) is 9.05. The fourth-order valence-corrected chi connectivity index (χ4v) is 5.86. The predicted molar refractivity (Wildman–Crippen MR) is 164 cm³/mol. The SMILES string of the molecule is CCOc1cc(C=Nn2c(C3CCCCC3)nc3ccc(Br)cc3c2=O)c(Br)c(Cl)c1OCc1ccccc1. The summed E-state index contributed by atoms with van der Waals surface area (Å²) in [5, 5.41) is 5.56. The zero-order chi connectivity index (χ0) is 27.4. The maximum atomic E-state index is 13.7. The fourth-order valence-electron chi connectivity index (χ4n) is 4.85. The van der Waals surface area contributed by atoms with Crippen molar-refractivity contribution >= 4 is 60.6 Å². The van der Waals surface area contributed by atoms with E-state index in [1.165, 1.54) is 11.1 Å². The molecule has 0 bridgehead atoms. The van der Waals surface area contributed by atoms with Crippen LogP contribution in [-0.4, -0.2) is 22.5 Å². The molecule has 1 aliphatic rings. The van der Waals surface area contributed by atoms with Crippen LogP contribution >= 0.6 is 43.5 Å². The molecule has 0 atom stereocenters. The Morgan fingerprint density at radius 3 is 2.59 bits per heavy atom. The first kappa shape index (κ1) is 27.9. The lowest BCUT2D eigenvalue weighted by atomic mass is 9.88. The Bertz CT molecular complexity index is 1570. The van der Waals surface area contributed by atoms with Crippen molar-refractivity contribution < 1.29 is 9.47 Å². The highest BCUT2D eigenvalue weighted by Crippen LogP contribution is 2.43. The van der Waals surface area contributed by atoms with E-state index in [9.17, 15) is 4.79 Å². The van der Waals surface area contributed by atoms with Crippen molar-refractivity contribution in [2.75, 3.05) is 6.61 Å². The van der Waals surface area contributed by atoms with Crippen LogP contribution in [0.2, 0.25) is 5.02 Å². The van der Waals surface area contributed by atoms with Crippen LogP contribution in [0, 0.1) is 0 Å². The molecule has 0 spiro atoms. The molecule has 1 aromatic heterocycles. The molecule has 6 nitrogen and oxygen atoms in total. The average Bonchev–Trinajstić information content (AvgIpc) is 2.96. The first-order valence-corrected chi connectivity index (χ1v) is 15.0. The lowest BCUT2D eigenvalue weighted by molar-refractivity contribution is 0.269. The van der Waals surface area contributed by atoms with Crippen molar-refractivity contribution in [2.24, 2.45) is 5.10 Å². The van der Waals surface area contributed by atoms with Gasteiger partial charge < -0.3 is 9.47 Å². The van der Waals surface area contributed by atoms with E-state index in [2.05, 4.69) is 37.0 Å². The van der Waals surface area contributed by atoms with Gasteiger partial charge in [0.25, 0.3) is 5.56 Å². The van der Waals surface area contributed by atoms with E-state index in [0.29, 0.717) is 56.5 Å². The number of nitrogens with zero attached hydrogens (tertiary/aromatic N) is 3. The van der Waals surface area contributed by atoms with Crippen LogP contribution in [0.5, 0.6) is 11.5 Å². The minimum absolute atomic E-state index is 0.177. The molecule has 202 valence electrons. The molecule has 0 N–H and O–H groups in total. The quantitative estimate of drug-likeness (QED) is 0.176. The van der Waals surface area contributed by atoms with Crippen molar-refractivity contribution in [2.45, 2.75) is 51.6 Å². The van der Waals surface area contributed by atoms with E-state index >= 15 is 0 Å². The molecule has 0 amide bonds. The van der Waals surface area contributed by atoms with Gasteiger partial charge in [-0.25, -0.2) is 4.98 Å². The third kappa shape index (κ3) is 6.23. The van der Waals surface area contributed by atoms with Gasteiger partial charge in [0.15, 0.2) is 11.5 Å². The molecular weight excluding hydrogens is 646 g/mol. The lowest BCUT2D eigenvalue weighted by Crippen LogP contribution is -2.25. The number of aromatic nitrogens is 2. The number of benzene rings is 3. The van der Waals surface area contributed by atoms with Crippen molar-refractivity contribution in [3.63, 3.8) is 0 Å². The zero-order valence-corrected chi connectivity index (χ0v) is 25.4. The standard InChI is InChI=1S/C30H28Br2ClN3O3/c1-2-38-25-15-21(26(32)27(33)28(25)39-18-19-9-5-3-6-10-19)17-34-36-29(20-11-7-4-8-12-20)35-24-14-13-22(31)16-23(24)30(36)37/h3,5-6,9-10,13-17,20H,2,4,7-8,11-12,18H2,1H3. The number of hydrogen-bond donors (Lipinski definition) is 0. The van der Waals surface area contributed by atoms with Crippen LogP contribution in [0.1, 0.15) is 61.9 Å². The monoisotopic (exact) mass is 671 g/mol.